The zero-order valence-corrected chi connectivity index (χ0v) is 13.6. The molecule has 1 amide bonds. The van der Waals surface area contributed by atoms with Gasteiger partial charge in [0.1, 0.15) is 5.75 Å². The second-order valence-electron chi connectivity index (χ2n) is 5.72. The van der Waals surface area contributed by atoms with Crippen molar-refractivity contribution in [2.24, 2.45) is 0 Å². The predicted molar refractivity (Wildman–Crippen MR) is 84.7 cm³/mol. The van der Waals surface area contributed by atoms with Gasteiger partial charge in [-0.25, -0.2) is 0 Å². The molecule has 4 heteroatoms. The molecule has 2 rings (SSSR count). The highest BCUT2D eigenvalue weighted by Gasteiger charge is 2.25. The lowest BCUT2D eigenvalue weighted by Gasteiger charge is -2.35. The maximum absolute atomic E-state index is 12.5. The lowest BCUT2D eigenvalue weighted by atomic mass is 10.1. The van der Waals surface area contributed by atoms with Crippen LogP contribution in [0.4, 0.5) is 0 Å². The second kappa shape index (κ2) is 6.94. The van der Waals surface area contributed by atoms with Crippen LogP contribution in [0.3, 0.4) is 0 Å². The molecule has 0 radical (unpaired) electrons. The number of rotatable bonds is 4. The van der Waals surface area contributed by atoms with E-state index in [1.165, 1.54) is 5.56 Å². The summed E-state index contributed by atoms with van der Waals surface area (Å²) in [5.41, 5.74) is 2.29. The van der Waals surface area contributed by atoms with Gasteiger partial charge in [-0.1, -0.05) is 19.1 Å². The van der Waals surface area contributed by atoms with Crippen molar-refractivity contribution in [1.82, 2.24) is 9.80 Å². The molecule has 1 atom stereocenters. The van der Waals surface area contributed by atoms with Gasteiger partial charge in [0, 0.05) is 26.2 Å². The Bertz CT molecular complexity index is 494. The number of hydrogen-bond donors (Lipinski definition) is 0. The van der Waals surface area contributed by atoms with E-state index in [-0.39, 0.29) is 5.91 Å². The van der Waals surface area contributed by atoms with E-state index < -0.39 is 6.10 Å². The van der Waals surface area contributed by atoms with E-state index in [0.29, 0.717) is 0 Å². The molecule has 0 spiro atoms. The standard InChI is InChI=1S/C17H26N2O2/c1-5-18-9-11-19(12-10-18)17(20)15(4)21-16-8-6-7-13(2)14(16)3/h6-8,15H,5,9-12H2,1-4H3. The van der Waals surface area contributed by atoms with Gasteiger partial charge in [0.2, 0.25) is 0 Å². The summed E-state index contributed by atoms with van der Waals surface area (Å²) in [5, 5.41) is 0. The maximum Gasteiger partial charge on any atom is 0.263 e. The second-order valence-corrected chi connectivity index (χ2v) is 5.72. The third kappa shape index (κ3) is 3.76. The summed E-state index contributed by atoms with van der Waals surface area (Å²) in [7, 11) is 0. The summed E-state index contributed by atoms with van der Waals surface area (Å²) in [6.45, 7) is 12.6. The molecular weight excluding hydrogens is 264 g/mol. The number of likely N-dealkylation sites (N-methyl/N-ethyl adjacent to an activating group) is 1. The van der Waals surface area contributed by atoms with Gasteiger partial charge >= 0.3 is 0 Å². The van der Waals surface area contributed by atoms with Crippen molar-refractivity contribution in [3.8, 4) is 5.75 Å². The van der Waals surface area contributed by atoms with Crippen LogP contribution in [-0.2, 0) is 4.79 Å². The third-order valence-corrected chi connectivity index (χ3v) is 4.34. The number of nitrogens with zero attached hydrogens (tertiary/aromatic N) is 2. The number of benzene rings is 1. The number of ether oxygens (including phenoxy) is 1. The quantitative estimate of drug-likeness (QED) is 0.852. The van der Waals surface area contributed by atoms with E-state index in [2.05, 4.69) is 24.8 Å². The van der Waals surface area contributed by atoms with Gasteiger partial charge in [-0.3, -0.25) is 4.79 Å². The van der Waals surface area contributed by atoms with Crippen molar-refractivity contribution >= 4 is 5.91 Å². The van der Waals surface area contributed by atoms with Crippen LogP contribution in [0.25, 0.3) is 0 Å². The maximum atomic E-state index is 12.5. The Morgan fingerprint density at radius 2 is 1.90 bits per heavy atom. The highest BCUT2D eigenvalue weighted by Crippen LogP contribution is 2.22. The molecule has 4 nitrogen and oxygen atoms in total. The minimum Gasteiger partial charge on any atom is -0.481 e. The number of piperazine rings is 1. The molecule has 1 aromatic carbocycles. The van der Waals surface area contributed by atoms with Crippen LogP contribution in [0.2, 0.25) is 0 Å². The van der Waals surface area contributed by atoms with Crippen molar-refractivity contribution in [3.05, 3.63) is 29.3 Å². The van der Waals surface area contributed by atoms with Crippen molar-refractivity contribution in [1.29, 1.82) is 0 Å². The molecule has 1 unspecified atom stereocenters. The van der Waals surface area contributed by atoms with E-state index in [0.717, 1.165) is 44.0 Å². The summed E-state index contributed by atoms with van der Waals surface area (Å²) >= 11 is 0. The van der Waals surface area contributed by atoms with E-state index >= 15 is 0 Å². The molecule has 116 valence electrons. The largest absolute Gasteiger partial charge is 0.481 e. The van der Waals surface area contributed by atoms with Gasteiger partial charge in [0.25, 0.3) is 5.91 Å². The fourth-order valence-corrected chi connectivity index (χ4v) is 2.63. The molecule has 0 aromatic heterocycles. The zero-order chi connectivity index (χ0) is 15.4. The molecule has 1 aliphatic heterocycles. The number of aryl methyl sites for hydroxylation is 1. The molecule has 1 aliphatic rings. The van der Waals surface area contributed by atoms with Gasteiger partial charge in [-0.05, 0) is 44.5 Å². The molecule has 1 fully saturated rings. The van der Waals surface area contributed by atoms with Crippen LogP contribution in [0.15, 0.2) is 18.2 Å². The topological polar surface area (TPSA) is 32.8 Å². The van der Waals surface area contributed by atoms with E-state index in [1.807, 2.05) is 30.9 Å². The molecule has 21 heavy (non-hydrogen) atoms. The van der Waals surface area contributed by atoms with Crippen LogP contribution in [-0.4, -0.2) is 54.5 Å². The SMILES string of the molecule is CCN1CCN(C(=O)C(C)Oc2cccc(C)c2C)CC1. The molecule has 1 heterocycles. The summed E-state index contributed by atoms with van der Waals surface area (Å²) in [6.07, 6.45) is -0.432. The zero-order valence-electron chi connectivity index (χ0n) is 13.6. The van der Waals surface area contributed by atoms with Gasteiger partial charge in [0.05, 0.1) is 0 Å². The average molecular weight is 290 g/mol. The van der Waals surface area contributed by atoms with E-state index in [1.54, 1.807) is 0 Å². The molecule has 0 bridgehead atoms. The third-order valence-electron chi connectivity index (χ3n) is 4.34. The molecule has 0 aliphatic carbocycles. The highest BCUT2D eigenvalue weighted by atomic mass is 16.5. The lowest BCUT2D eigenvalue weighted by molar-refractivity contribution is -0.139. The minimum absolute atomic E-state index is 0.0895. The fourth-order valence-electron chi connectivity index (χ4n) is 2.63. The summed E-state index contributed by atoms with van der Waals surface area (Å²) in [6, 6.07) is 5.95. The van der Waals surface area contributed by atoms with E-state index in [9.17, 15) is 4.79 Å². The minimum atomic E-state index is -0.432. The van der Waals surface area contributed by atoms with Crippen molar-refractivity contribution in [3.63, 3.8) is 0 Å². The van der Waals surface area contributed by atoms with Crippen LogP contribution in [0.5, 0.6) is 5.75 Å². The van der Waals surface area contributed by atoms with Gasteiger partial charge < -0.3 is 14.5 Å². The number of hydrogen-bond acceptors (Lipinski definition) is 3. The smallest absolute Gasteiger partial charge is 0.263 e. The molecular formula is C17H26N2O2. The summed E-state index contributed by atoms with van der Waals surface area (Å²) in [4.78, 5) is 16.8. The molecule has 1 saturated heterocycles. The number of amides is 1. The first-order valence-electron chi connectivity index (χ1n) is 7.77. The Morgan fingerprint density at radius 1 is 1.24 bits per heavy atom. The molecule has 0 N–H and O–H groups in total. The fraction of sp³-hybridized carbons (Fsp3) is 0.588. The van der Waals surface area contributed by atoms with Gasteiger partial charge in [0.15, 0.2) is 6.10 Å². The Kier molecular flexibility index (Phi) is 5.23. The first-order chi connectivity index (χ1) is 10.0. The van der Waals surface area contributed by atoms with Crippen LogP contribution < -0.4 is 4.74 Å². The Balaban J connectivity index is 1.95. The Morgan fingerprint density at radius 3 is 2.52 bits per heavy atom. The van der Waals surface area contributed by atoms with Crippen molar-refractivity contribution < 1.29 is 9.53 Å². The number of carbonyl (C=O) groups excluding carboxylic acids is 1. The molecule has 0 saturated carbocycles. The van der Waals surface area contributed by atoms with Crippen molar-refractivity contribution in [2.75, 3.05) is 32.7 Å². The summed E-state index contributed by atoms with van der Waals surface area (Å²) in [5.74, 6) is 0.898. The lowest BCUT2D eigenvalue weighted by Crippen LogP contribution is -2.51. The van der Waals surface area contributed by atoms with Crippen LogP contribution in [0, 0.1) is 13.8 Å². The normalized spacial score (nSPS) is 17.6. The van der Waals surface area contributed by atoms with Gasteiger partial charge in [-0.15, -0.1) is 0 Å². The average Bonchev–Trinajstić information content (AvgIpc) is 2.51. The monoisotopic (exact) mass is 290 g/mol. The highest BCUT2D eigenvalue weighted by molar-refractivity contribution is 5.81. The Hall–Kier alpha value is -1.55. The summed E-state index contributed by atoms with van der Waals surface area (Å²) < 4.78 is 5.89. The first-order valence-corrected chi connectivity index (χ1v) is 7.77. The Labute approximate surface area is 127 Å². The van der Waals surface area contributed by atoms with Crippen LogP contribution >= 0.6 is 0 Å². The predicted octanol–water partition coefficient (Wildman–Crippen LogP) is 2.23. The number of carbonyl (C=O) groups is 1. The van der Waals surface area contributed by atoms with Crippen LogP contribution in [0.1, 0.15) is 25.0 Å². The van der Waals surface area contributed by atoms with E-state index in [4.69, 9.17) is 4.74 Å². The van der Waals surface area contributed by atoms with Gasteiger partial charge in [-0.2, -0.15) is 0 Å². The molecule has 1 aromatic rings. The first kappa shape index (κ1) is 15.8. The van der Waals surface area contributed by atoms with Crippen molar-refractivity contribution in [2.45, 2.75) is 33.8 Å².